The zero-order valence-electron chi connectivity index (χ0n) is 11.7. The second-order valence-corrected chi connectivity index (χ2v) is 5.93. The second-order valence-electron chi connectivity index (χ2n) is 5.12. The van der Waals surface area contributed by atoms with E-state index < -0.39 is 0 Å². The molecule has 1 aliphatic rings. The molecule has 1 aliphatic heterocycles. The molecule has 0 unspecified atom stereocenters. The van der Waals surface area contributed by atoms with Crippen molar-refractivity contribution in [3.63, 3.8) is 0 Å². The molecule has 1 heterocycles. The lowest BCUT2D eigenvalue weighted by Crippen LogP contribution is -2.39. The van der Waals surface area contributed by atoms with Crippen LogP contribution in [0.3, 0.4) is 0 Å². The molecule has 0 radical (unpaired) electrons. The fraction of sp³-hybridized carbons (Fsp3) is 0.500. The van der Waals surface area contributed by atoms with Crippen LogP contribution < -0.4 is 5.73 Å². The largest absolute Gasteiger partial charge is 0.397 e. The molecule has 0 aromatic heterocycles. The number of hydrogen-bond donors (Lipinski definition) is 2. The number of hydrogen-bond acceptors (Lipinski definition) is 4. The first-order valence-corrected chi connectivity index (χ1v) is 7.38. The SMILES string of the molecule is CO[C@H]1C[C@@H](CO)N(C(=O)Cc2cc(Cl)c(N)cc2Cl)C1. The molecular formula is C14H18Cl2N2O3. The van der Waals surface area contributed by atoms with Crippen LogP contribution in [0.5, 0.6) is 0 Å². The number of anilines is 1. The van der Waals surface area contributed by atoms with Gasteiger partial charge in [0.2, 0.25) is 5.91 Å². The highest BCUT2D eigenvalue weighted by Crippen LogP contribution is 2.28. The van der Waals surface area contributed by atoms with E-state index in [2.05, 4.69) is 0 Å². The van der Waals surface area contributed by atoms with Crippen molar-refractivity contribution in [3.8, 4) is 0 Å². The van der Waals surface area contributed by atoms with Gasteiger partial charge in [0.15, 0.2) is 0 Å². The smallest absolute Gasteiger partial charge is 0.227 e. The van der Waals surface area contributed by atoms with E-state index in [0.717, 1.165) is 0 Å². The topological polar surface area (TPSA) is 75.8 Å². The standard InChI is InChI=1S/C14H18Cl2N2O3/c1-21-10-4-9(7-19)18(6-10)14(20)3-8-2-12(16)13(17)5-11(8)15/h2,5,9-10,19H,3-4,6-7,17H2,1H3/t9-,10-/m0/s1. The Bertz CT molecular complexity index is 539. The number of carbonyl (C=O) groups excluding carboxylic acids is 1. The number of nitrogens with two attached hydrogens (primary N) is 1. The second kappa shape index (κ2) is 6.83. The number of aliphatic hydroxyl groups excluding tert-OH is 1. The average Bonchev–Trinajstić information content (AvgIpc) is 2.88. The molecule has 7 heteroatoms. The first-order chi connectivity index (χ1) is 9.96. The summed E-state index contributed by atoms with van der Waals surface area (Å²) in [5, 5.41) is 10.2. The summed E-state index contributed by atoms with van der Waals surface area (Å²) in [5.41, 5.74) is 6.67. The number of carbonyl (C=O) groups is 1. The van der Waals surface area contributed by atoms with Gasteiger partial charge < -0.3 is 20.5 Å². The van der Waals surface area contributed by atoms with E-state index in [4.69, 9.17) is 33.7 Å². The first-order valence-electron chi connectivity index (χ1n) is 6.62. The van der Waals surface area contributed by atoms with E-state index in [-0.39, 0.29) is 31.1 Å². The van der Waals surface area contributed by atoms with E-state index >= 15 is 0 Å². The van der Waals surface area contributed by atoms with Gasteiger partial charge in [0.05, 0.1) is 35.9 Å². The highest BCUT2D eigenvalue weighted by molar-refractivity contribution is 6.35. The zero-order valence-corrected chi connectivity index (χ0v) is 13.2. The maximum atomic E-state index is 12.4. The summed E-state index contributed by atoms with van der Waals surface area (Å²) < 4.78 is 5.26. The molecule has 5 nitrogen and oxygen atoms in total. The van der Waals surface area contributed by atoms with Crippen LogP contribution in [0.2, 0.25) is 10.0 Å². The number of likely N-dealkylation sites (tertiary alicyclic amines) is 1. The monoisotopic (exact) mass is 332 g/mol. The number of aliphatic hydroxyl groups is 1. The lowest BCUT2D eigenvalue weighted by molar-refractivity contribution is -0.132. The van der Waals surface area contributed by atoms with Gasteiger partial charge >= 0.3 is 0 Å². The molecule has 116 valence electrons. The third-order valence-electron chi connectivity index (χ3n) is 3.75. The number of amides is 1. The number of benzene rings is 1. The van der Waals surface area contributed by atoms with E-state index in [9.17, 15) is 9.90 Å². The van der Waals surface area contributed by atoms with Crippen LogP contribution in [0.4, 0.5) is 5.69 Å². The fourth-order valence-corrected chi connectivity index (χ4v) is 2.95. The van der Waals surface area contributed by atoms with Crippen LogP contribution in [-0.2, 0) is 16.0 Å². The van der Waals surface area contributed by atoms with Gasteiger partial charge in [0.25, 0.3) is 0 Å². The lowest BCUT2D eigenvalue weighted by Gasteiger charge is -2.23. The van der Waals surface area contributed by atoms with E-state index in [1.54, 1.807) is 18.1 Å². The molecule has 1 amide bonds. The van der Waals surface area contributed by atoms with Crippen molar-refractivity contribution in [3.05, 3.63) is 27.7 Å². The molecule has 1 aromatic rings. The van der Waals surface area contributed by atoms with Gasteiger partial charge in [-0.3, -0.25) is 4.79 Å². The number of ether oxygens (including phenoxy) is 1. The van der Waals surface area contributed by atoms with Crippen molar-refractivity contribution in [2.75, 3.05) is 26.0 Å². The Kier molecular flexibility index (Phi) is 5.32. The number of halogens is 2. The maximum Gasteiger partial charge on any atom is 0.227 e. The molecule has 3 N–H and O–H groups in total. The molecule has 0 aliphatic carbocycles. The number of rotatable bonds is 4. The van der Waals surface area contributed by atoms with Crippen molar-refractivity contribution >= 4 is 34.8 Å². The average molecular weight is 333 g/mol. The minimum atomic E-state index is -0.217. The van der Waals surface area contributed by atoms with Crippen molar-refractivity contribution < 1.29 is 14.6 Å². The summed E-state index contributed by atoms with van der Waals surface area (Å²) in [4.78, 5) is 14.1. The molecular weight excluding hydrogens is 315 g/mol. The van der Waals surface area contributed by atoms with Crippen molar-refractivity contribution in [2.24, 2.45) is 0 Å². The van der Waals surface area contributed by atoms with Crippen LogP contribution >= 0.6 is 23.2 Å². The van der Waals surface area contributed by atoms with Crippen molar-refractivity contribution in [2.45, 2.75) is 25.0 Å². The zero-order chi connectivity index (χ0) is 15.6. The number of methoxy groups -OCH3 is 1. The lowest BCUT2D eigenvalue weighted by atomic mass is 10.1. The Morgan fingerprint density at radius 2 is 2.19 bits per heavy atom. The van der Waals surface area contributed by atoms with Crippen molar-refractivity contribution in [1.82, 2.24) is 4.90 Å². The third-order valence-corrected chi connectivity index (χ3v) is 4.43. The Morgan fingerprint density at radius 3 is 2.81 bits per heavy atom. The summed E-state index contributed by atoms with van der Waals surface area (Å²) >= 11 is 12.1. The first kappa shape index (κ1) is 16.4. The van der Waals surface area contributed by atoms with Gasteiger partial charge in [-0.2, -0.15) is 0 Å². The highest BCUT2D eigenvalue weighted by Gasteiger charge is 2.34. The molecule has 1 fully saturated rings. The third kappa shape index (κ3) is 3.61. The normalized spacial score (nSPS) is 21.8. The Labute approximate surface area is 133 Å². The Hall–Kier alpha value is -1.01. The van der Waals surface area contributed by atoms with Crippen LogP contribution in [0.15, 0.2) is 12.1 Å². The summed E-state index contributed by atoms with van der Waals surface area (Å²) in [7, 11) is 1.60. The Morgan fingerprint density at radius 1 is 1.48 bits per heavy atom. The molecule has 2 atom stereocenters. The van der Waals surface area contributed by atoms with E-state index in [1.165, 1.54) is 6.07 Å². The fourth-order valence-electron chi connectivity index (χ4n) is 2.53. The molecule has 21 heavy (non-hydrogen) atoms. The van der Waals surface area contributed by atoms with Gasteiger partial charge in [-0.25, -0.2) is 0 Å². The van der Waals surface area contributed by atoms with Gasteiger partial charge in [-0.15, -0.1) is 0 Å². The molecule has 0 spiro atoms. The number of nitrogen functional groups attached to an aromatic ring is 1. The predicted molar refractivity (Wildman–Crippen MR) is 82.6 cm³/mol. The molecule has 1 aromatic carbocycles. The van der Waals surface area contributed by atoms with Crippen molar-refractivity contribution in [1.29, 1.82) is 0 Å². The van der Waals surface area contributed by atoms with E-state index in [0.29, 0.717) is 34.3 Å². The van der Waals surface area contributed by atoms with Crippen LogP contribution in [0, 0.1) is 0 Å². The molecule has 0 saturated carbocycles. The predicted octanol–water partition coefficient (Wildman–Crippen LogP) is 1.73. The summed E-state index contributed by atoms with van der Waals surface area (Å²) in [6.45, 7) is 0.392. The van der Waals surface area contributed by atoms with Gasteiger partial charge in [-0.1, -0.05) is 23.2 Å². The number of nitrogens with zero attached hydrogens (tertiary/aromatic N) is 1. The van der Waals surface area contributed by atoms with Crippen LogP contribution in [0.1, 0.15) is 12.0 Å². The van der Waals surface area contributed by atoms with Gasteiger partial charge in [0, 0.05) is 18.7 Å². The minimum Gasteiger partial charge on any atom is -0.397 e. The van der Waals surface area contributed by atoms with E-state index in [1.807, 2.05) is 0 Å². The summed E-state index contributed by atoms with van der Waals surface area (Å²) in [5.74, 6) is -0.115. The quantitative estimate of drug-likeness (QED) is 0.823. The molecule has 2 rings (SSSR count). The molecule has 1 saturated heterocycles. The maximum absolute atomic E-state index is 12.4. The van der Waals surface area contributed by atoms with Crippen LogP contribution in [-0.4, -0.2) is 48.3 Å². The minimum absolute atomic E-state index is 0.0448. The van der Waals surface area contributed by atoms with Gasteiger partial charge in [0.1, 0.15) is 0 Å². The van der Waals surface area contributed by atoms with Crippen LogP contribution in [0.25, 0.3) is 0 Å². The Balaban J connectivity index is 2.12. The van der Waals surface area contributed by atoms with Gasteiger partial charge in [-0.05, 0) is 24.1 Å². The summed E-state index contributed by atoms with van der Waals surface area (Å²) in [6, 6.07) is 2.93. The summed E-state index contributed by atoms with van der Waals surface area (Å²) in [6.07, 6.45) is 0.706. The molecule has 0 bridgehead atoms. The highest BCUT2D eigenvalue weighted by atomic mass is 35.5.